The van der Waals surface area contributed by atoms with Crippen molar-refractivity contribution in [2.75, 3.05) is 5.32 Å². The topological polar surface area (TPSA) is 95.5 Å². The van der Waals surface area contributed by atoms with Crippen molar-refractivity contribution < 1.29 is 19.5 Å². The molecule has 0 saturated carbocycles. The van der Waals surface area contributed by atoms with Crippen molar-refractivity contribution in [1.82, 2.24) is 5.32 Å². The van der Waals surface area contributed by atoms with Crippen LogP contribution in [0.4, 0.5) is 5.69 Å². The summed E-state index contributed by atoms with van der Waals surface area (Å²) in [5.74, 6) is -1.31. The van der Waals surface area contributed by atoms with Crippen LogP contribution in [0.2, 0.25) is 0 Å². The van der Waals surface area contributed by atoms with E-state index in [9.17, 15) is 14.4 Å². The van der Waals surface area contributed by atoms with Crippen LogP contribution in [0.25, 0.3) is 0 Å². The third kappa shape index (κ3) is 5.73. The van der Waals surface area contributed by atoms with Crippen LogP contribution in [0.15, 0.2) is 18.2 Å². The standard InChI is InChI=1S/C17H24N2O4/c1-5-13(17(22)23)19-16(21)12-6-7-14(11(4)9-12)18-15(20)8-10(2)3/h6-7,9-10,13H,5,8H2,1-4H3,(H,18,20)(H,19,21)(H,22,23). The predicted molar refractivity (Wildman–Crippen MR) is 88.4 cm³/mol. The van der Waals surface area contributed by atoms with Gasteiger partial charge in [-0.25, -0.2) is 4.79 Å². The van der Waals surface area contributed by atoms with Crippen molar-refractivity contribution in [2.24, 2.45) is 5.92 Å². The Morgan fingerprint density at radius 1 is 1.22 bits per heavy atom. The van der Waals surface area contributed by atoms with Gasteiger partial charge in [0.05, 0.1) is 0 Å². The number of carbonyl (C=O) groups is 3. The molecule has 6 nitrogen and oxygen atoms in total. The van der Waals surface area contributed by atoms with Crippen LogP contribution in [-0.2, 0) is 9.59 Å². The van der Waals surface area contributed by atoms with Crippen molar-refractivity contribution in [1.29, 1.82) is 0 Å². The van der Waals surface area contributed by atoms with Crippen molar-refractivity contribution in [3.05, 3.63) is 29.3 Å². The second-order valence-corrected chi connectivity index (χ2v) is 5.95. The first-order valence-corrected chi connectivity index (χ1v) is 7.68. The molecule has 2 amide bonds. The van der Waals surface area contributed by atoms with E-state index in [1.54, 1.807) is 32.0 Å². The lowest BCUT2D eigenvalue weighted by molar-refractivity contribution is -0.139. The van der Waals surface area contributed by atoms with E-state index in [0.29, 0.717) is 24.1 Å². The Bertz CT molecular complexity index is 596. The van der Waals surface area contributed by atoms with Crippen molar-refractivity contribution >= 4 is 23.5 Å². The van der Waals surface area contributed by atoms with Gasteiger partial charge >= 0.3 is 5.97 Å². The molecule has 0 aromatic heterocycles. The van der Waals surface area contributed by atoms with E-state index in [2.05, 4.69) is 10.6 Å². The van der Waals surface area contributed by atoms with E-state index < -0.39 is 17.9 Å². The van der Waals surface area contributed by atoms with Crippen LogP contribution in [0.1, 0.15) is 49.5 Å². The number of nitrogens with one attached hydrogen (secondary N) is 2. The van der Waals surface area contributed by atoms with Crippen LogP contribution < -0.4 is 10.6 Å². The maximum Gasteiger partial charge on any atom is 0.326 e. The Hall–Kier alpha value is -2.37. The molecule has 1 rings (SSSR count). The fourth-order valence-electron chi connectivity index (χ4n) is 2.10. The normalized spacial score (nSPS) is 11.9. The molecule has 0 heterocycles. The fourth-order valence-corrected chi connectivity index (χ4v) is 2.10. The number of carbonyl (C=O) groups excluding carboxylic acids is 2. The van der Waals surface area contributed by atoms with Gasteiger partial charge in [0.25, 0.3) is 5.91 Å². The highest BCUT2D eigenvalue weighted by Crippen LogP contribution is 2.17. The average Bonchev–Trinajstić information content (AvgIpc) is 2.45. The van der Waals surface area contributed by atoms with E-state index >= 15 is 0 Å². The predicted octanol–water partition coefficient (Wildman–Crippen LogP) is 2.57. The molecule has 0 aliphatic heterocycles. The lowest BCUT2D eigenvalue weighted by atomic mass is 10.1. The Morgan fingerprint density at radius 3 is 2.35 bits per heavy atom. The summed E-state index contributed by atoms with van der Waals surface area (Å²) in [4.78, 5) is 34.9. The van der Waals surface area contributed by atoms with Gasteiger partial charge in [0.15, 0.2) is 0 Å². The Labute approximate surface area is 136 Å². The number of aryl methyl sites for hydroxylation is 1. The van der Waals surface area contributed by atoms with Crippen molar-refractivity contribution in [3.63, 3.8) is 0 Å². The van der Waals surface area contributed by atoms with Crippen LogP contribution in [0.5, 0.6) is 0 Å². The van der Waals surface area contributed by atoms with E-state index in [1.165, 1.54) is 0 Å². The molecule has 23 heavy (non-hydrogen) atoms. The molecule has 0 aliphatic carbocycles. The van der Waals surface area contributed by atoms with Crippen LogP contribution >= 0.6 is 0 Å². The van der Waals surface area contributed by atoms with E-state index in [-0.39, 0.29) is 11.8 Å². The molecule has 6 heteroatoms. The molecule has 0 saturated heterocycles. The summed E-state index contributed by atoms with van der Waals surface area (Å²) in [7, 11) is 0. The summed E-state index contributed by atoms with van der Waals surface area (Å²) < 4.78 is 0. The molecule has 1 aromatic carbocycles. The highest BCUT2D eigenvalue weighted by Gasteiger charge is 2.19. The molecule has 3 N–H and O–H groups in total. The first-order valence-electron chi connectivity index (χ1n) is 7.68. The van der Waals surface area contributed by atoms with Gasteiger partial charge < -0.3 is 15.7 Å². The van der Waals surface area contributed by atoms with Gasteiger partial charge in [-0.15, -0.1) is 0 Å². The molecule has 0 aliphatic rings. The van der Waals surface area contributed by atoms with Gasteiger partial charge in [-0.2, -0.15) is 0 Å². The number of rotatable bonds is 7. The van der Waals surface area contributed by atoms with Gasteiger partial charge in [0.1, 0.15) is 6.04 Å². The minimum absolute atomic E-state index is 0.0720. The zero-order chi connectivity index (χ0) is 17.6. The number of benzene rings is 1. The van der Waals surface area contributed by atoms with Crippen molar-refractivity contribution in [2.45, 2.75) is 46.6 Å². The zero-order valence-electron chi connectivity index (χ0n) is 14.0. The zero-order valence-corrected chi connectivity index (χ0v) is 14.0. The number of aliphatic carboxylic acids is 1. The molecule has 1 unspecified atom stereocenters. The summed E-state index contributed by atoms with van der Waals surface area (Å²) in [5, 5.41) is 14.3. The maximum absolute atomic E-state index is 12.1. The Morgan fingerprint density at radius 2 is 1.87 bits per heavy atom. The Balaban J connectivity index is 2.81. The smallest absolute Gasteiger partial charge is 0.326 e. The second kappa shape index (κ2) is 8.31. The first kappa shape index (κ1) is 18.7. The van der Waals surface area contributed by atoms with Gasteiger partial charge in [-0.05, 0) is 43.0 Å². The average molecular weight is 320 g/mol. The highest BCUT2D eigenvalue weighted by molar-refractivity contribution is 5.98. The molecule has 1 atom stereocenters. The van der Waals surface area contributed by atoms with Gasteiger partial charge in [-0.3, -0.25) is 9.59 Å². The summed E-state index contributed by atoms with van der Waals surface area (Å²) >= 11 is 0. The number of hydrogen-bond acceptors (Lipinski definition) is 3. The lowest BCUT2D eigenvalue weighted by Gasteiger charge is -2.14. The second-order valence-electron chi connectivity index (χ2n) is 5.95. The van der Waals surface area contributed by atoms with Gasteiger partial charge in [-0.1, -0.05) is 20.8 Å². The quantitative estimate of drug-likeness (QED) is 0.719. The molecule has 0 bridgehead atoms. The Kier molecular flexibility index (Phi) is 6.75. The molecule has 0 spiro atoms. The van der Waals surface area contributed by atoms with Crippen LogP contribution in [0.3, 0.4) is 0 Å². The molecule has 126 valence electrons. The number of anilines is 1. The first-order chi connectivity index (χ1) is 10.7. The van der Waals surface area contributed by atoms with E-state index in [1.807, 2.05) is 13.8 Å². The number of hydrogen-bond donors (Lipinski definition) is 3. The summed E-state index contributed by atoms with van der Waals surface area (Å²) in [5.41, 5.74) is 1.76. The number of carboxylic acid groups (broad SMARTS) is 1. The minimum atomic E-state index is -1.06. The molecule has 0 fully saturated rings. The summed E-state index contributed by atoms with van der Waals surface area (Å²) in [6, 6.07) is 3.95. The van der Waals surface area contributed by atoms with Crippen LogP contribution in [-0.4, -0.2) is 28.9 Å². The van der Waals surface area contributed by atoms with Gasteiger partial charge in [0.2, 0.25) is 5.91 Å². The summed E-state index contributed by atoms with van der Waals surface area (Å²) in [6.45, 7) is 7.41. The monoisotopic (exact) mass is 320 g/mol. The third-order valence-corrected chi connectivity index (χ3v) is 3.37. The van der Waals surface area contributed by atoms with Crippen molar-refractivity contribution in [3.8, 4) is 0 Å². The minimum Gasteiger partial charge on any atom is -0.480 e. The molecule has 0 radical (unpaired) electrons. The molecule has 1 aromatic rings. The third-order valence-electron chi connectivity index (χ3n) is 3.37. The van der Waals surface area contributed by atoms with E-state index in [0.717, 1.165) is 5.56 Å². The van der Waals surface area contributed by atoms with Crippen LogP contribution in [0, 0.1) is 12.8 Å². The SMILES string of the molecule is CCC(NC(=O)c1ccc(NC(=O)CC(C)C)c(C)c1)C(=O)O. The van der Waals surface area contributed by atoms with Gasteiger partial charge in [0, 0.05) is 17.7 Å². The number of carboxylic acids is 1. The largest absolute Gasteiger partial charge is 0.480 e. The highest BCUT2D eigenvalue weighted by atomic mass is 16.4. The number of amides is 2. The fraction of sp³-hybridized carbons (Fsp3) is 0.471. The lowest BCUT2D eigenvalue weighted by Crippen LogP contribution is -2.40. The maximum atomic E-state index is 12.1. The van der Waals surface area contributed by atoms with E-state index in [4.69, 9.17) is 5.11 Å². The molecular formula is C17H24N2O4. The summed E-state index contributed by atoms with van der Waals surface area (Å²) in [6.07, 6.45) is 0.738. The molecular weight excluding hydrogens is 296 g/mol.